The first-order valence-corrected chi connectivity index (χ1v) is 18.6. The molecule has 1 aliphatic rings. The molecule has 2 unspecified atom stereocenters. The first-order valence-electron chi connectivity index (χ1n) is 17.0. The number of rotatable bonds is 15. The average Bonchev–Trinajstić information content (AvgIpc) is 3.61. The number of H-pyrrole nitrogens is 1. The number of benzene rings is 4. The number of aromatic amines is 1. The summed E-state index contributed by atoms with van der Waals surface area (Å²) in [6.07, 6.45) is -0.129. The Morgan fingerprint density at radius 3 is 2.24 bits per heavy atom. The number of aromatic nitrogens is 1. The lowest BCUT2D eigenvalue weighted by Gasteiger charge is -2.37. The van der Waals surface area contributed by atoms with Crippen LogP contribution in [0.25, 0.3) is 10.9 Å². The molecule has 2 atom stereocenters. The Balaban J connectivity index is 0.995. The van der Waals surface area contributed by atoms with E-state index < -0.39 is 21.4 Å². The number of pyridine rings is 1. The molecule has 51 heavy (non-hydrogen) atoms. The molecule has 1 saturated heterocycles. The number of aliphatic hydroxyl groups excluding tert-OH is 1. The predicted octanol–water partition coefficient (Wildman–Crippen LogP) is 3.17. The summed E-state index contributed by atoms with van der Waals surface area (Å²) in [5.41, 5.74) is 8.31. The van der Waals surface area contributed by atoms with E-state index in [-0.39, 0.29) is 46.0 Å². The molecular formula is C39H43N5O6S. The second kappa shape index (κ2) is 15.6. The number of aromatic hydroxyl groups is 1. The van der Waals surface area contributed by atoms with Gasteiger partial charge < -0.3 is 36.5 Å². The van der Waals surface area contributed by atoms with E-state index in [2.05, 4.69) is 20.5 Å². The summed E-state index contributed by atoms with van der Waals surface area (Å²) >= 11 is 0. The van der Waals surface area contributed by atoms with Crippen LogP contribution in [0.15, 0.2) is 119 Å². The van der Waals surface area contributed by atoms with Gasteiger partial charge in [-0.15, -0.1) is 0 Å². The number of phenols is 1. The van der Waals surface area contributed by atoms with Crippen molar-refractivity contribution < 1.29 is 23.4 Å². The molecule has 1 aliphatic heterocycles. The molecular weight excluding hydrogens is 667 g/mol. The number of hydrogen-bond acceptors (Lipinski definition) is 9. The van der Waals surface area contributed by atoms with Gasteiger partial charge in [0, 0.05) is 44.2 Å². The minimum Gasteiger partial charge on any atom is -0.506 e. The first-order chi connectivity index (χ1) is 24.6. The maximum atomic E-state index is 13.3. The summed E-state index contributed by atoms with van der Waals surface area (Å²) < 4.78 is 26.2. The van der Waals surface area contributed by atoms with Crippen molar-refractivity contribution in [3.05, 3.63) is 142 Å². The van der Waals surface area contributed by atoms with E-state index in [4.69, 9.17) is 5.73 Å². The van der Waals surface area contributed by atoms with Gasteiger partial charge in [-0.3, -0.25) is 9.59 Å². The Bertz CT molecular complexity index is 2090. The van der Waals surface area contributed by atoms with Gasteiger partial charge in [0.25, 0.3) is 0 Å². The van der Waals surface area contributed by atoms with E-state index >= 15 is 0 Å². The van der Waals surface area contributed by atoms with Crippen molar-refractivity contribution in [2.45, 2.75) is 29.4 Å². The predicted molar refractivity (Wildman–Crippen MR) is 197 cm³/mol. The monoisotopic (exact) mass is 709 g/mol. The number of hydrogen-bond donors (Lipinski definition) is 6. The number of likely N-dealkylation sites (tertiary alicyclic amines) is 1. The van der Waals surface area contributed by atoms with Gasteiger partial charge in [-0.25, -0.2) is 8.42 Å². The first kappa shape index (κ1) is 36.0. The molecule has 5 aromatic rings. The van der Waals surface area contributed by atoms with Gasteiger partial charge in [0.2, 0.25) is 11.5 Å². The highest BCUT2D eigenvalue weighted by Gasteiger charge is 2.49. The fourth-order valence-corrected chi connectivity index (χ4v) is 8.40. The molecule has 1 fully saturated rings. The van der Waals surface area contributed by atoms with Crippen molar-refractivity contribution >= 4 is 26.6 Å². The number of phenolic OH excluding ortho intramolecular Hbond substituents is 1. The van der Waals surface area contributed by atoms with Crippen molar-refractivity contribution in [3.8, 4) is 5.75 Å². The number of fused-ring (bicyclic) bond motifs is 1. The highest BCUT2D eigenvalue weighted by atomic mass is 32.2. The van der Waals surface area contributed by atoms with Crippen molar-refractivity contribution in [2.75, 3.05) is 38.6 Å². The third-order valence-electron chi connectivity index (χ3n) is 9.84. The van der Waals surface area contributed by atoms with Crippen LogP contribution in [0.1, 0.15) is 34.8 Å². The van der Waals surface area contributed by atoms with Gasteiger partial charge in [-0.1, -0.05) is 78.9 Å². The molecule has 2 heterocycles. The Kier molecular flexibility index (Phi) is 11.0. The Labute approximate surface area is 297 Å². The zero-order chi connectivity index (χ0) is 36.0. The molecule has 4 aromatic carbocycles. The van der Waals surface area contributed by atoms with Crippen LogP contribution in [0.4, 0.5) is 0 Å². The van der Waals surface area contributed by atoms with Crippen LogP contribution in [0, 0.1) is 5.92 Å². The van der Waals surface area contributed by atoms with Crippen molar-refractivity contribution in [1.29, 1.82) is 0 Å². The molecule has 0 radical (unpaired) electrons. The van der Waals surface area contributed by atoms with Gasteiger partial charge in [-0.05, 0) is 65.4 Å². The summed E-state index contributed by atoms with van der Waals surface area (Å²) in [5, 5.41) is 27.7. The molecule has 0 aliphatic carbocycles. The molecule has 1 amide bonds. The van der Waals surface area contributed by atoms with E-state index in [0.717, 1.165) is 29.7 Å². The van der Waals surface area contributed by atoms with Gasteiger partial charge in [0.15, 0.2) is 9.84 Å². The summed E-state index contributed by atoms with van der Waals surface area (Å²) in [7, 11) is -3.58. The van der Waals surface area contributed by atoms with Crippen LogP contribution < -0.4 is 21.9 Å². The Hall–Kier alpha value is -4.85. The van der Waals surface area contributed by atoms with Gasteiger partial charge in [-0.2, -0.15) is 0 Å². The summed E-state index contributed by atoms with van der Waals surface area (Å²) in [5.74, 6) is -0.705. The largest absolute Gasteiger partial charge is 0.506 e. The lowest BCUT2D eigenvalue weighted by molar-refractivity contribution is -0.123. The summed E-state index contributed by atoms with van der Waals surface area (Å²) in [4.78, 5) is 30.1. The summed E-state index contributed by atoms with van der Waals surface area (Å²) in [6.45, 7) is 3.10. The molecule has 266 valence electrons. The molecule has 7 N–H and O–H groups in total. The zero-order valence-electron chi connectivity index (χ0n) is 28.2. The van der Waals surface area contributed by atoms with Crippen LogP contribution >= 0.6 is 0 Å². The van der Waals surface area contributed by atoms with E-state index in [1.165, 1.54) is 12.1 Å². The SMILES string of the molecule is NC(=O)C(c1ccccc1)(c1ccccc1)C1CCN(CCNCS(=O)(=O)c2ccc(CNCC(O)c3ccc(O)c4[nH]c(=O)ccc34)cc2)C1. The second-order valence-corrected chi connectivity index (χ2v) is 15.0. The molecule has 12 heteroatoms. The highest BCUT2D eigenvalue weighted by Crippen LogP contribution is 2.43. The standard InChI is InChI=1S/C39H43N5O6S/c40-38(48)39(28-7-3-1-4-8-28,29-9-5-2-6-10-29)30-19-21-44(25-30)22-20-41-26-51(49,50)31-13-11-27(12-14-31)23-42-24-35(46)32-15-17-34(45)37-33(32)16-18-36(47)43-37/h1-18,30,35,41-42,45-46H,19-26H2,(H2,40,48)(H,43,47). The van der Waals surface area contributed by atoms with Crippen LogP contribution in [0.3, 0.4) is 0 Å². The highest BCUT2D eigenvalue weighted by molar-refractivity contribution is 7.91. The third kappa shape index (κ3) is 7.75. The minimum absolute atomic E-state index is 0.0423. The lowest BCUT2D eigenvalue weighted by atomic mass is 9.64. The molecule has 1 aromatic heterocycles. The number of amides is 1. The Morgan fingerprint density at radius 2 is 1.59 bits per heavy atom. The number of carbonyl (C=O) groups excluding carboxylic acids is 1. The summed E-state index contributed by atoms with van der Waals surface area (Å²) in [6, 6.07) is 32.0. The smallest absolute Gasteiger partial charge is 0.248 e. The van der Waals surface area contributed by atoms with Gasteiger partial charge in [0.1, 0.15) is 17.0 Å². The van der Waals surface area contributed by atoms with Crippen LogP contribution in [-0.2, 0) is 26.6 Å². The van der Waals surface area contributed by atoms with E-state index in [1.54, 1.807) is 36.4 Å². The van der Waals surface area contributed by atoms with Crippen molar-refractivity contribution in [3.63, 3.8) is 0 Å². The number of sulfone groups is 1. The van der Waals surface area contributed by atoms with Crippen molar-refractivity contribution in [2.24, 2.45) is 11.7 Å². The quantitative estimate of drug-likeness (QED) is 0.0892. The van der Waals surface area contributed by atoms with E-state index in [1.807, 2.05) is 60.7 Å². The minimum atomic E-state index is -3.58. The van der Waals surface area contributed by atoms with E-state index in [9.17, 15) is 28.2 Å². The molecule has 0 spiro atoms. The van der Waals surface area contributed by atoms with Crippen LogP contribution in [0.5, 0.6) is 5.75 Å². The van der Waals surface area contributed by atoms with Crippen LogP contribution in [0.2, 0.25) is 0 Å². The fraction of sp³-hybridized carbons (Fsp3) is 0.282. The maximum Gasteiger partial charge on any atom is 0.248 e. The number of carbonyl (C=O) groups is 1. The van der Waals surface area contributed by atoms with Crippen molar-refractivity contribution in [1.82, 2.24) is 20.5 Å². The molecule has 0 saturated carbocycles. The number of primary amides is 1. The molecule has 6 rings (SSSR count). The molecule has 0 bridgehead atoms. The molecule has 11 nitrogen and oxygen atoms in total. The second-order valence-electron chi connectivity index (χ2n) is 13.0. The number of aliphatic hydroxyl groups is 1. The third-order valence-corrected chi connectivity index (χ3v) is 11.4. The topological polar surface area (TPSA) is 178 Å². The van der Waals surface area contributed by atoms with Crippen LogP contribution in [-0.4, -0.2) is 73.0 Å². The maximum absolute atomic E-state index is 13.3. The fourth-order valence-electron chi connectivity index (χ4n) is 7.27. The Morgan fingerprint density at radius 1 is 0.922 bits per heavy atom. The normalized spacial score (nSPS) is 16.0. The van der Waals surface area contributed by atoms with E-state index in [0.29, 0.717) is 37.1 Å². The number of nitrogens with two attached hydrogens (primary N) is 1. The van der Waals surface area contributed by atoms with Gasteiger partial charge in [0.05, 0.1) is 16.5 Å². The lowest BCUT2D eigenvalue weighted by Crippen LogP contribution is -2.49. The number of nitrogens with one attached hydrogen (secondary N) is 3. The zero-order valence-corrected chi connectivity index (χ0v) is 29.0. The average molecular weight is 710 g/mol. The number of nitrogens with zero attached hydrogens (tertiary/aromatic N) is 1. The van der Waals surface area contributed by atoms with Gasteiger partial charge >= 0.3 is 0 Å².